The monoisotopic (exact) mass is 437 g/mol. The molecule has 4 nitrogen and oxygen atoms in total. The standard InChI is InChI=1S/C28H39NO3/c1-3-5-6-7-8-11-14-28(30)32-26-19-20-27(29-23-26)25-17-15-24(16-18-25)13-10-9-12-22-31-21-4-2/h5-6,15-20,23H,3-4,7-14,21-22H2,1-2H3/b6-5+. The highest BCUT2D eigenvalue weighted by Gasteiger charge is 2.06. The molecule has 0 saturated carbocycles. The van der Waals surface area contributed by atoms with E-state index in [0.29, 0.717) is 12.2 Å². The van der Waals surface area contributed by atoms with Gasteiger partial charge in [-0.25, -0.2) is 0 Å². The molecule has 4 heteroatoms. The zero-order valence-corrected chi connectivity index (χ0v) is 19.9. The minimum atomic E-state index is -0.194. The summed E-state index contributed by atoms with van der Waals surface area (Å²) in [7, 11) is 0. The number of aromatic nitrogens is 1. The molecule has 0 aliphatic carbocycles. The van der Waals surface area contributed by atoms with Crippen molar-refractivity contribution in [1.29, 1.82) is 0 Å². The van der Waals surface area contributed by atoms with E-state index in [1.165, 1.54) is 18.4 Å². The number of benzene rings is 1. The van der Waals surface area contributed by atoms with Gasteiger partial charge in [0, 0.05) is 25.2 Å². The van der Waals surface area contributed by atoms with E-state index in [1.807, 2.05) is 12.1 Å². The number of nitrogens with zero attached hydrogens (tertiary/aromatic N) is 1. The van der Waals surface area contributed by atoms with E-state index in [4.69, 9.17) is 9.47 Å². The van der Waals surface area contributed by atoms with Gasteiger partial charge < -0.3 is 9.47 Å². The molecule has 0 bridgehead atoms. The van der Waals surface area contributed by atoms with Crippen LogP contribution in [-0.2, 0) is 16.0 Å². The zero-order valence-electron chi connectivity index (χ0n) is 19.9. The van der Waals surface area contributed by atoms with E-state index in [9.17, 15) is 4.79 Å². The summed E-state index contributed by atoms with van der Waals surface area (Å²) in [5.74, 6) is 0.310. The van der Waals surface area contributed by atoms with Gasteiger partial charge in [0.25, 0.3) is 0 Å². The molecule has 0 atom stereocenters. The predicted molar refractivity (Wildman–Crippen MR) is 132 cm³/mol. The SMILES string of the molecule is CC/C=C/CCCCC(=O)Oc1ccc(-c2ccc(CCCCCOCCC)cc2)nc1. The zero-order chi connectivity index (χ0) is 22.9. The van der Waals surface area contributed by atoms with E-state index in [0.717, 1.165) is 69.4 Å². The number of allylic oxidation sites excluding steroid dienone is 2. The van der Waals surface area contributed by atoms with Gasteiger partial charge >= 0.3 is 5.97 Å². The molecule has 0 fully saturated rings. The summed E-state index contributed by atoms with van der Waals surface area (Å²) in [4.78, 5) is 16.5. The van der Waals surface area contributed by atoms with Crippen LogP contribution in [-0.4, -0.2) is 24.2 Å². The molecule has 2 aromatic rings. The van der Waals surface area contributed by atoms with E-state index >= 15 is 0 Å². The smallest absolute Gasteiger partial charge is 0.311 e. The van der Waals surface area contributed by atoms with E-state index < -0.39 is 0 Å². The third kappa shape index (κ3) is 10.7. The number of ether oxygens (including phenoxy) is 2. The van der Waals surface area contributed by atoms with Crippen molar-refractivity contribution in [1.82, 2.24) is 4.98 Å². The minimum Gasteiger partial charge on any atom is -0.425 e. The third-order valence-electron chi connectivity index (χ3n) is 5.22. The van der Waals surface area contributed by atoms with Crippen LogP contribution in [0.25, 0.3) is 11.3 Å². The number of hydrogen-bond donors (Lipinski definition) is 0. The normalized spacial score (nSPS) is 11.2. The summed E-state index contributed by atoms with van der Waals surface area (Å²) in [6, 6.07) is 12.3. The first-order valence-electron chi connectivity index (χ1n) is 12.2. The molecular weight excluding hydrogens is 398 g/mol. The second kappa shape index (κ2) is 16.2. The summed E-state index contributed by atoms with van der Waals surface area (Å²) < 4.78 is 10.9. The lowest BCUT2D eigenvalue weighted by molar-refractivity contribution is -0.134. The number of rotatable bonds is 16. The summed E-state index contributed by atoms with van der Waals surface area (Å²) in [5, 5.41) is 0. The highest BCUT2D eigenvalue weighted by atomic mass is 16.5. The van der Waals surface area contributed by atoms with Gasteiger partial charge in [0.05, 0.1) is 11.9 Å². The second-order valence-corrected chi connectivity index (χ2v) is 8.10. The van der Waals surface area contributed by atoms with Crippen molar-refractivity contribution in [3.8, 4) is 17.0 Å². The molecule has 2 rings (SSSR count). The van der Waals surface area contributed by atoms with Crippen LogP contribution in [0, 0.1) is 0 Å². The maximum absolute atomic E-state index is 12.0. The average molecular weight is 438 g/mol. The number of hydrogen-bond acceptors (Lipinski definition) is 4. The molecule has 1 heterocycles. The van der Waals surface area contributed by atoms with Crippen LogP contribution in [0.1, 0.15) is 77.2 Å². The van der Waals surface area contributed by atoms with E-state index in [2.05, 4.69) is 55.2 Å². The van der Waals surface area contributed by atoms with Gasteiger partial charge in [-0.3, -0.25) is 9.78 Å². The molecule has 32 heavy (non-hydrogen) atoms. The fourth-order valence-electron chi connectivity index (χ4n) is 3.41. The molecule has 0 spiro atoms. The van der Waals surface area contributed by atoms with Gasteiger partial charge in [0.15, 0.2) is 0 Å². The largest absolute Gasteiger partial charge is 0.425 e. The lowest BCUT2D eigenvalue weighted by Gasteiger charge is -2.07. The first-order valence-corrected chi connectivity index (χ1v) is 12.2. The van der Waals surface area contributed by atoms with Crippen molar-refractivity contribution in [3.05, 3.63) is 60.3 Å². The molecule has 1 aromatic heterocycles. The second-order valence-electron chi connectivity index (χ2n) is 8.10. The maximum atomic E-state index is 12.0. The van der Waals surface area contributed by atoms with Gasteiger partial charge in [-0.2, -0.15) is 0 Å². The molecule has 0 aliphatic rings. The first-order chi connectivity index (χ1) is 15.7. The van der Waals surface area contributed by atoms with Gasteiger partial charge in [0.1, 0.15) is 5.75 Å². The van der Waals surface area contributed by atoms with Crippen molar-refractivity contribution in [2.24, 2.45) is 0 Å². The van der Waals surface area contributed by atoms with Gasteiger partial charge in [-0.15, -0.1) is 0 Å². The lowest BCUT2D eigenvalue weighted by Crippen LogP contribution is -2.07. The van der Waals surface area contributed by atoms with E-state index in [1.54, 1.807) is 6.20 Å². The number of aryl methyl sites for hydroxylation is 1. The first kappa shape index (κ1) is 25.8. The number of pyridine rings is 1. The van der Waals surface area contributed by atoms with Crippen LogP contribution >= 0.6 is 0 Å². The van der Waals surface area contributed by atoms with Crippen molar-refractivity contribution in [2.75, 3.05) is 13.2 Å². The van der Waals surface area contributed by atoms with Crippen LogP contribution in [0.5, 0.6) is 5.75 Å². The van der Waals surface area contributed by atoms with Gasteiger partial charge in [-0.1, -0.05) is 56.7 Å². The molecule has 0 N–H and O–H groups in total. The summed E-state index contributed by atoms with van der Waals surface area (Å²) in [6.07, 6.45) is 16.0. The van der Waals surface area contributed by atoms with Crippen LogP contribution in [0.2, 0.25) is 0 Å². The van der Waals surface area contributed by atoms with Crippen LogP contribution in [0.3, 0.4) is 0 Å². The fourth-order valence-corrected chi connectivity index (χ4v) is 3.41. The quantitative estimate of drug-likeness (QED) is 0.157. The van der Waals surface area contributed by atoms with E-state index in [-0.39, 0.29) is 5.97 Å². The van der Waals surface area contributed by atoms with Crippen molar-refractivity contribution in [2.45, 2.75) is 78.1 Å². The maximum Gasteiger partial charge on any atom is 0.311 e. The van der Waals surface area contributed by atoms with Crippen molar-refractivity contribution in [3.63, 3.8) is 0 Å². The number of carbonyl (C=O) groups is 1. The Bertz CT molecular complexity index is 781. The Morgan fingerprint density at radius 3 is 2.47 bits per heavy atom. The number of unbranched alkanes of at least 4 members (excludes halogenated alkanes) is 4. The Labute approximate surface area is 194 Å². The summed E-state index contributed by atoms with van der Waals surface area (Å²) >= 11 is 0. The predicted octanol–water partition coefficient (Wildman–Crippen LogP) is 7.32. The average Bonchev–Trinajstić information content (AvgIpc) is 2.82. The Kier molecular flexibility index (Phi) is 13.1. The highest BCUT2D eigenvalue weighted by molar-refractivity contribution is 5.72. The van der Waals surface area contributed by atoms with Gasteiger partial charge in [-0.05, 0) is 69.1 Å². The van der Waals surface area contributed by atoms with Crippen molar-refractivity contribution >= 4 is 5.97 Å². The molecule has 0 unspecified atom stereocenters. The molecule has 0 radical (unpaired) electrons. The lowest BCUT2D eigenvalue weighted by atomic mass is 10.0. The molecule has 0 amide bonds. The Morgan fingerprint density at radius 2 is 1.75 bits per heavy atom. The topological polar surface area (TPSA) is 48.4 Å². The summed E-state index contributed by atoms with van der Waals surface area (Å²) in [5.41, 5.74) is 3.30. The van der Waals surface area contributed by atoms with Crippen LogP contribution < -0.4 is 4.74 Å². The molecule has 0 aliphatic heterocycles. The molecular formula is C28H39NO3. The Morgan fingerprint density at radius 1 is 0.906 bits per heavy atom. The third-order valence-corrected chi connectivity index (χ3v) is 5.22. The van der Waals surface area contributed by atoms with Crippen LogP contribution in [0.4, 0.5) is 0 Å². The van der Waals surface area contributed by atoms with Crippen LogP contribution in [0.15, 0.2) is 54.7 Å². The molecule has 1 aromatic carbocycles. The number of esters is 1. The number of carbonyl (C=O) groups excluding carboxylic acids is 1. The minimum absolute atomic E-state index is 0.194. The Hall–Kier alpha value is -2.46. The molecule has 0 saturated heterocycles. The molecule has 174 valence electrons. The Balaban J connectivity index is 1.70. The van der Waals surface area contributed by atoms with Gasteiger partial charge in [0.2, 0.25) is 0 Å². The highest BCUT2D eigenvalue weighted by Crippen LogP contribution is 2.21. The van der Waals surface area contributed by atoms with Crippen molar-refractivity contribution < 1.29 is 14.3 Å². The fraction of sp³-hybridized carbons (Fsp3) is 0.500. The summed E-state index contributed by atoms with van der Waals surface area (Å²) in [6.45, 7) is 6.01.